The summed E-state index contributed by atoms with van der Waals surface area (Å²) in [5, 5.41) is 6.93. The van der Waals surface area contributed by atoms with Gasteiger partial charge >= 0.3 is 0 Å². The smallest absolute Gasteiger partial charge is 0.260 e. The Morgan fingerprint density at radius 1 is 1.03 bits per heavy atom. The van der Waals surface area contributed by atoms with Crippen molar-refractivity contribution in [1.82, 2.24) is 19.8 Å². The number of rotatable bonds is 5. The molecule has 0 N–H and O–H groups in total. The van der Waals surface area contributed by atoms with Gasteiger partial charge in [-0.3, -0.25) is 19.5 Å². The zero-order chi connectivity index (χ0) is 24.4. The molecule has 9 heteroatoms. The summed E-state index contributed by atoms with van der Waals surface area (Å²) in [7, 11) is 0. The van der Waals surface area contributed by atoms with Gasteiger partial charge in [-0.2, -0.15) is 5.10 Å². The Morgan fingerprint density at radius 2 is 1.74 bits per heavy atom. The minimum absolute atomic E-state index is 0.0133. The Balaban J connectivity index is 1.29. The first-order valence-corrected chi connectivity index (χ1v) is 12.0. The highest BCUT2D eigenvalue weighted by Crippen LogP contribution is 2.34. The van der Waals surface area contributed by atoms with Crippen molar-refractivity contribution in [3.8, 4) is 0 Å². The van der Waals surface area contributed by atoms with E-state index in [1.807, 2.05) is 48.2 Å². The lowest BCUT2D eigenvalue weighted by atomic mass is 10.0. The maximum Gasteiger partial charge on any atom is 0.260 e. The number of halogens is 1. The second-order valence-corrected chi connectivity index (χ2v) is 9.15. The van der Waals surface area contributed by atoms with Gasteiger partial charge in [-0.1, -0.05) is 23.7 Å². The zero-order valence-corrected chi connectivity index (χ0v) is 20.1. The van der Waals surface area contributed by atoms with E-state index in [2.05, 4.69) is 9.88 Å². The van der Waals surface area contributed by atoms with Crippen molar-refractivity contribution in [2.24, 2.45) is 5.10 Å². The molecule has 180 valence electrons. The van der Waals surface area contributed by atoms with E-state index in [1.165, 1.54) is 0 Å². The molecule has 35 heavy (non-hydrogen) atoms. The fraction of sp³-hybridized carbons (Fsp3) is 0.308. The van der Waals surface area contributed by atoms with E-state index in [-0.39, 0.29) is 23.9 Å². The van der Waals surface area contributed by atoms with Crippen LogP contribution in [0.3, 0.4) is 0 Å². The Morgan fingerprint density at radius 3 is 2.40 bits per heavy atom. The summed E-state index contributed by atoms with van der Waals surface area (Å²) in [5.74, 6) is 0.593. The largest absolute Gasteiger partial charge is 0.467 e. The molecular formula is C26H26ClN5O3. The molecule has 1 saturated heterocycles. The van der Waals surface area contributed by atoms with E-state index in [1.54, 1.807) is 35.8 Å². The van der Waals surface area contributed by atoms with E-state index in [4.69, 9.17) is 21.1 Å². The van der Waals surface area contributed by atoms with Crippen molar-refractivity contribution in [2.75, 3.05) is 26.2 Å². The van der Waals surface area contributed by atoms with Crippen LogP contribution in [0.1, 0.15) is 41.1 Å². The minimum Gasteiger partial charge on any atom is -0.467 e. The number of amides is 2. The summed E-state index contributed by atoms with van der Waals surface area (Å²) in [6.45, 7) is 4.23. The number of piperazine rings is 1. The number of hydrogen-bond acceptors (Lipinski definition) is 6. The van der Waals surface area contributed by atoms with Crippen LogP contribution in [0.4, 0.5) is 0 Å². The van der Waals surface area contributed by atoms with Crippen LogP contribution in [0.25, 0.3) is 0 Å². The summed E-state index contributed by atoms with van der Waals surface area (Å²) < 4.78 is 5.66. The van der Waals surface area contributed by atoms with Crippen LogP contribution in [0.2, 0.25) is 5.02 Å². The fourth-order valence-corrected chi connectivity index (χ4v) is 4.70. The third kappa shape index (κ3) is 4.85. The average molecular weight is 492 g/mol. The SMILES string of the molecule is CC(C(=O)N1N=C(c2ccc(Cl)cc2)CC1c1ccco1)N1CCN(C(=O)c2ccncc2)CC1. The van der Waals surface area contributed by atoms with Crippen molar-refractivity contribution < 1.29 is 14.0 Å². The summed E-state index contributed by atoms with van der Waals surface area (Å²) in [4.78, 5) is 34.3. The van der Waals surface area contributed by atoms with Crippen molar-refractivity contribution in [2.45, 2.75) is 25.4 Å². The van der Waals surface area contributed by atoms with E-state index < -0.39 is 0 Å². The van der Waals surface area contributed by atoms with Crippen LogP contribution in [0, 0.1) is 0 Å². The molecular weight excluding hydrogens is 466 g/mol. The highest BCUT2D eigenvalue weighted by atomic mass is 35.5. The number of benzene rings is 1. The summed E-state index contributed by atoms with van der Waals surface area (Å²) in [5.41, 5.74) is 2.37. The molecule has 2 unspecified atom stereocenters. The molecule has 2 atom stereocenters. The van der Waals surface area contributed by atoms with Gasteiger partial charge in [0.05, 0.1) is 18.0 Å². The van der Waals surface area contributed by atoms with Crippen molar-refractivity contribution in [1.29, 1.82) is 0 Å². The molecule has 2 aromatic heterocycles. The van der Waals surface area contributed by atoms with Crippen molar-refractivity contribution in [3.05, 3.63) is 89.1 Å². The standard InChI is InChI=1S/C26H26ClN5O3/c1-18(30-12-14-31(15-13-30)26(34)20-8-10-28-11-9-20)25(33)32-23(24-3-2-16-35-24)17-22(29-32)19-4-6-21(27)7-5-19/h2-11,16,18,23H,12-15,17H2,1H3. The van der Waals surface area contributed by atoms with E-state index in [0.29, 0.717) is 48.9 Å². The monoisotopic (exact) mass is 491 g/mol. The molecule has 2 aliphatic heterocycles. The lowest BCUT2D eigenvalue weighted by Gasteiger charge is -2.38. The van der Waals surface area contributed by atoms with Gasteiger partial charge in [0.15, 0.2) is 0 Å². The van der Waals surface area contributed by atoms with Gasteiger partial charge in [0.25, 0.3) is 11.8 Å². The van der Waals surface area contributed by atoms with Crippen molar-refractivity contribution >= 4 is 29.1 Å². The summed E-state index contributed by atoms with van der Waals surface area (Å²) >= 11 is 6.05. The van der Waals surface area contributed by atoms with Gasteiger partial charge in [0.1, 0.15) is 11.8 Å². The normalized spacial score (nSPS) is 19.5. The van der Waals surface area contributed by atoms with Crippen LogP contribution < -0.4 is 0 Å². The van der Waals surface area contributed by atoms with Crippen molar-refractivity contribution in [3.63, 3.8) is 0 Å². The first kappa shape index (κ1) is 23.3. The molecule has 0 bridgehead atoms. The minimum atomic E-state index is -0.390. The number of carbonyl (C=O) groups is 2. The number of pyridine rings is 1. The third-order valence-corrected chi connectivity index (χ3v) is 6.87. The molecule has 1 aromatic carbocycles. The topological polar surface area (TPSA) is 82.3 Å². The predicted molar refractivity (Wildman–Crippen MR) is 132 cm³/mol. The second-order valence-electron chi connectivity index (χ2n) is 8.71. The van der Waals surface area contributed by atoms with E-state index >= 15 is 0 Å². The molecule has 0 aliphatic carbocycles. The van der Waals surface area contributed by atoms with E-state index in [0.717, 1.165) is 11.3 Å². The number of aromatic nitrogens is 1. The van der Waals surface area contributed by atoms with Gasteiger partial charge in [-0.15, -0.1) is 0 Å². The molecule has 4 heterocycles. The third-order valence-electron chi connectivity index (χ3n) is 6.62. The molecule has 0 radical (unpaired) electrons. The number of hydrogen-bond donors (Lipinski definition) is 0. The maximum atomic E-state index is 13.6. The fourth-order valence-electron chi connectivity index (χ4n) is 4.57. The molecule has 0 saturated carbocycles. The highest BCUT2D eigenvalue weighted by Gasteiger charge is 2.39. The average Bonchev–Trinajstić information content (AvgIpc) is 3.59. The molecule has 1 fully saturated rings. The molecule has 2 aliphatic rings. The van der Waals surface area contributed by atoms with Crippen LogP contribution in [-0.4, -0.2) is 69.5 Å². The van der Waals surface area contributed by atoms with Gasteiger partial charge in [0.2, 0.25) is 0 Å². The Labute approximate surface area is 208 Å². The molecule has 8 nitrogen and oxygen atoms in total. The van der Waals surface area contributed by atoms with Gasteiger partial charge in [0, 0.05) is 55.6 Å². The van der Waals surface area contributed by atoms with Crippen LogP contribution in [-0.2, 0) is 4.79 Å². The molecule has 5 rings (SSSR count). The Hall–Kier alpha value is -3.49. The lowest BCUT2D eigenvalue weighted by Crippen LogP contribution is -2.55. The number of furan rings is 1. The summed E-state index contributed by atoms with van der Waals surface area (Å²) in [6.07, 6.45) is 5.41. The Bertz CT molecular complexity index is 1210. The molecule has 2 amide bonds. The lowest BCUT2D eigenvalue weighted by molar-refractivity contribution is -0.139. The molecule has 3 aromatic rings. The number of hydrazone groups is 1. The molecule has 0 spiro atoms. The quantitative estimate of drug-likeness (QED) is 0.541. The zero-order valence-electron chi connectivity index (χ0n) is 19.4. The number of carbonyl (C=O) groups excluding carboxylic acids is 2. The predicted octanol–water partition coefficient (Wildman–Crippen LogP) is 3.85. The van der Waals surface area contributed by atoms with Gasteiger partial charge in [-0.05, 0) is 48.9 Å². The van der Waals surface area contributed by atoms with Gasteiger partial charge in [-0.25, -0.2) is 5.01 Å². The van der Waals surface area contributed by atoms with E-state index in [9.17, 15) is 9.59 Å². The van der Waals surface area contributed by atoms with Crippen LogP contribution in [0.15, 0.2) is 76.7 Å². The second kappa shape index (κ2) is 10.0. The maximum absolute atomic E-state index is 13.6. The highest BCUT2D eigenvalue weighted by molar-refractivity contribution is 6.30. The van der Waals surface area contributed by atoms with Crippen LogP contribution in [0.5, 0.6) is 0 Å². The first-order chi connectivity index (χ1) is 17.0. The van der Waals surface area contributed by atoms with Gasteiger partial charge < -0.3 is 9.32 Å². The number of nitrogens with zero attached hydrogens (tertiary/aromatic N) is 5. The first-order valence-electron chi connectivity index (χ1n) is 11.6. The summed E-state index contributed by atoms with van der Waals surface area (Å²) in [6, 6.07) is 13.9. The Kier molecular flexibility index (Phi) is 6.66. The van der Waals surface area contributed by atoms with Crippen LogP contribution >= 0.6 is 11.6 Å².